The number of hydrogen-bond donors (Lipinski definition) is 1. The lowest BCUT2D eigenvalue weighted by Crippen LogP contribution is -2.39. The number of rotatable bonds is 5. The van der Waals surface area contributed by atoms with Gasteiger partial charge in [0.1, 0.15) is 5.70 Å². The van der Waals surface area contributed by atoms with Crippen LogP contribution in [0.2, 0.25) is 0 Å². The van der Waals surface area contributed by atoms with Gasteiger partial charge in [0, 0.05) is 23.5 Å². The summed E-state index contributed by atoms with van der Waals surface area (Å²) in [6.45, 7) is 1.48. The zero-order valence-corrected chi connectivity index (χ0v) is 17.0. The maximum absolute atomic E-state index is 13.2. The third-order valence-corrected chi connectivity index (χ3v) is 5.58. The van der Waals surface area contributed by atoms with Gasteiger partial charge < -0.3 is 10.2 Å². The highest BCUT2D eigenvalue weighted by Crippen LogP contribution is 2.18. The number of likely N-dealkylation sites (tertiary alicyclic amines) is 1. The molecule has 28 heavy (non-hydrogen) atoms. The van der Waals surface area contributed by atoms with E-state index in [0.29, 0.717) is 11.3 Å². The number of carbonyl (C=O) groups is 2. The van der Waals surface area contributed by atoms with Crippen molar-refractivity contribution in [2.45, 2.75) is 30.6 Å². The van der Waals surface area contributed by atoms with Gasteiger partial charge in [-0.15, -0.1) is 11.8 Å². The average Bonchev–Trinajstić information content (AvgIpc) is 3.03. The molecule has 1 heterocycles. The molecule has 1 aliphatic heterocycles. The van der Waals surface area contributed by atoms with Crippen molar-refractivity contribution in [2.24, 2.45) is 0 Å². The molecule has 1 saturated heterocycles. The Kier molecular flexibility index (Phi) is 7.31. The number of amides is 2. The summed E-state index contributed by atoms with van der Waals surface area (Å²) in [6.07, 6.45) is 8.12. The average molecular weight is 395 g/mol. The molecule has 3 rings (SSSR count). The molecule has 0 spiro atoms. The second-order valence-corrected chi connectivity index (χ2v) is 7.74. The maximum atomic E-state index is 13.2. The van der Waals surface area contributed by atoms with Gasteiger partial charge in [-0.3, -0.25) is 9.59 Å². The van der Waals surface area contributed by atoms with Crippen molar-refractivity contribution >= 4 is 29.7 Å². The lowest BCUT2D eigenvalue weighted by molar-refractivity contribution is -0.127. The molecule has 0 unspecified atom stereocenters. The van der Waals surface area contributed by atoms with Gasteiger partial charge in [0.25, 0.3) is 11.8 Å². The number of thioether (sulfide) groups is 1. The Balaban J connectivity index is 1.86. The van der Waals surface area contributed by atoms with E-state index in [1.54, 1.807) is 30.0 Å². The summed E-state index contributed by atoms with van der Waals surface area (Å²) in [6, 6.07) is 17.0. The van der Waals surface area contributed by atoms with Crippen LogP contribution < -0.4 is 5.32 Å². The third kappa shape index (κ3) is 5.49. The molecule has 1 fully saturated rings. The first kappa shape index (κ1) is 20.2. The predicted octanol–water partition coefficient (Wildman–Crippen LogP) is 4.58. The molecule has 5 heteroatoms. The first-order valence-electron chi connectivity index (χ1n) is 9.69. The van der Waals surface area contributed by atoms with Gasteiger partial charge in [-0.05, 0) is 55.0 Å². The van der Waals surface area contributed by atoms with Crippen LogP contribution in [0.25, 0.3) is 6.08 Å². The number of carbonyl (C=O) groups excluding carboxylic acids is 2. The second kappa shape index (κ2) is 10.1. The molecule has 1 N–H and O–H groups in total. The predicted molar refractivity (Wildman–Crippen MR) is 115 cm³/mol. The van der Waals surface area contributed by atoms with Crippen molar-refractivity contribution in [2.75, 3.05) is 19.3 Å². The van der Waals surface area contributed by atoms with Crippen molar-refractivity contribution in [3.8, 4) is 0 Å². The van der Waals surface area contributed by atoms with Crippen LogP contribution in [-0.4, -0.2) is 36.1 Å². The number of benzene rings is 2. The Bertz CT molecular complexity index is 823. The molecule has 0 bridgehead atoms. The van der Waals surface area contributed by atoms with Crippen LogP contribution in [0.5, 0.6) is 0 Å². The van der Waals surface area contributed by atoms with Crippen molar-refractivity contribution in [3.05, 3.63) is 71.4 Å². The first-order valence-corrected chi connectivity index (χ1v) is 10.9. The Morgan fingerprint density at radius 2 is 1.57 bits per heavy atom. The van der Waals surface area contributed by atoms with E-state index >= 15 is 0 Å². The first-order chi connectivity index (χ1) is 13.7. The summed E-state index contributed by atoms with van der Waals surface area (Å²) in [5.41, 5.74) is 1.76. The molecule has 0 radical (unpaired) electrons. The summed E-state index contributed by atoms with van der Waals surface area (Å²) in [5.74, 6) is -0.379. The summed E-state index contributed by atoms with van der Waals surface area (Å²) in [4.78, 5) is 28.9. The number of nitrogens with one attached hydrogen (secondary N) is 1. The normalized spacial score (nSPS) is 15.0. The van der Waals surface area contributed by atoms with Crippen LogP contribution in [0.15, 0.2) is 65.2 Å². The van der Waals surface area contributed by atoms with E-state index in [-0.39, 0.29) is 11.8 Å². The molecule has 0 saturated carbocycles. The maximum Gasteiger partial charge on any atom is 0.270 e. The molecule has 0 aliphatic carbocycles. The highest BCUT2D eigenvalue weighted by atomic mass is 32.2. The van der Waals surface area contributed by atoms with E-state index < -0.39 is 0 Å². The minimum atomic E-state index is -0.268. The highest BCUT2D eigenvalue weighted by Gasteiger charge is 2.21. The molecule has 2 aromatic carbocycles. The Morgan fingerprint density at radius 1 is 0.929 bits per heavy atom. The van der Waals surface area contributed by atoms with Crippen LogP contribution in [-0.2, 0) is 4.79 Å². The van der Waals surface area contributed by atoms with Gasteiger partial charge in [-0.2, -0.15) is 0 Å². The van der Waals surface area contributed by atoms with E-state index in [0.717, 1.165) is 49.2 Å². The lowest BCUT2D eigenvalue weighted by Gasteiger charge is -2.22. The summed E-state index contributed by atoms with van der Waals surface area (Å²) in [5, 5.41) is 2.85. The lowest BCUT2D eigenvalue weighted by atomic mass is 10.1. The number of hydrogen-bond acceptors (Lipinski definition) is 3. The summed E-state index contributed by atoms with van der Waals surface area (Å²) in [7, 11) is 0. The third-order valence-electron chi connectivity index (χ3n) is 4.83. The molecule has 2 aromatic rings. The molecular formula is C23H26N2O2S. The fraction of sp³-hybridized carbons (Fsp3) is 0.304. The Hall–Kier alpha value is -2.53. The minimum absolute atomic E-state index is 0.111. The number of nitrogens with zero attached hydrogens (tertiary/aromatic N) is 1. The van der Waals surface area contributed by atoms with Crippen LogP contribution in [0.4, 0.5) is 0 Å². The molecule has 1 aliphatic rings. The second-order valence-electron chi connectivity index (χ2n) is 6.86. The smallest absolute Gasteiger partial charge is 0.270 e. The van der Waals surface area contributed by atoms with Gasteiger partial charge in [-0.25, -0.2) is 0 Å². The van der Waals surface area contributed by atoms with Gasteiger partial charge in [0.15, 0.2) is 0 Å². The topological polar surface area (TPSA) is 49.4 Å². The van der Waals surface area contributed by atoms with Crippen molar-refractivity contribution < 1.29 is 9.59 Å². The van der Waals surface area contributed by atoms with Crippen LogP contribution in [0.3, 0.4) is 0 Å². The Morgan fingerprint density at radius 3 is 2.18 bits per heavy atom. The summed E-state index contributed by atoms with van der Waals surface area (Å²) < 4.78 is 0. The van der Waals surface area contributed by atoms with Crippen LogP contribution in [0, 0.1) is 0 Å². The quantitative estimate of drug-likeness (QED) is 0.596. The van der Waals surface area contributed by atoms with Gasteiger partial charge in [0.2, 0.25) is 0 Å². The highest BCUT2D eigenvalue weighted by molar-refractivity contribution is 7.98. The largest absolute Gasteiger partial charge is 0.337 e. The van der Waals surface area contributed by atoms with E-state index in [1.807, 2.05) is 53.6 Å². The van der Waals surface area contributed by atoms with E-state index in [1.165, 1.54) is 0 Å². The van der Waals surface area contributed by atoms with Crippen LogP contribution >= 0.6 is 11.8 Å². The minimum Gasteiger partial charge on any atom is -0.337 e. The van der Waals surface area contributed by atoms with E-state index in [2.05, 4.69) is 5.32 Å². The fourth-order valence-corrected chi connectivity index (χ4v) is 3.65. The van der Waals surface area contributed by atoms with Gasteiger partial charge >= 0.3 is 0 Å². The fourth-order valence-electron chi connectivity index (χ4n) is 3.25. The zero-order valence-electron chi connectivity index (χ0n) is 16.2. The molecule has 0 atom stereocenters. The molecule has 0 aromatic heterocycles. The van der Waals surface area contributed by atoms with Crippen molar-refractivity contribution in [1.29, 1.82) is 0 Å². The van der Waals surface area contributed by atoms with Crippen LogP contribution in [0.1, 0.15) is 41.6 Å². The van der Waals surface area contributed by atoms with Crippen molar-refractivity contribution in [1.82, 2.24) is 10.2 Å². The van der Waals surface area contributed by atoms with Crippen molar-refractivity contribution in [3.63, 3.8) is 0 Å². The standard InChI is InChI=1S/C23H26N2O2S/c1-28-20-13-11-18(12-14-20)17-21(23(27)25-15-7-2-3-8-16-25)24-22(26)19-9-5-4-6-10-19/h4-6,9-14,17H,2-3,7-8,15-16H2,1H3,(H,24,26)/b21-17+. The SMILES string of the molecule is CSc1ccc(/C=C(/NC(=O)c2ccccc2)C(=O)N2CCCCCC2)cc1. The van der Waals surface area contributed by atoms with E-state index in [9.17, 15) is 9.59 Å². The molecule has 2 amide bonds. The molecule has 146 valence electrons. The molecule has 4 nitrogen and oxygen atoms in total. The zero-order chi connectivity index (χ0) is 19.8. The van der Waals surface area contributed by atoms with Gasteiger partial charge in [-0.1, -0.05) is 43.2 Å². The van der Waals surface area contributed by atoms with E-state index in [4.69, 9.17) is 0 Å². The van der Waals surface area contributed by atoms with Gasteiger partial charge in [0.05, 0.1) is 0 Å². The summed E-state index contributed by atoms with van der Waals surface area (Å²) >= 11 is 1.67. The Labute approximate surface area is 171 Å². The monoisotopic (exact) mass is 394 g/mol. The molecular weight excluding hydrogens is 368 g/mol.